The first-order chi connectivity index (χ1) is 6.77. The SMILES string of the molecule is Nc1cccc(Cl)c1SCC1CCC1. The molecule has 1 aromatic rings. The molecular formula is C11H14ClNS. The quantitative estimate of drug-likeness (QED) is 0.628. The van der Waals surface area contributed by atoms with Gasteiger partial charge in [-0.15, -0.1) is 11.8 Å². The van der Waals surface area contributed by atoms with Crippen molar-refractivity contribution in [3.8, 4) is 0 Å². The molecule has 1 aliphatic carbocycles. The topological polar surface area (TPSA) is 26.0 Å². The van der Waals surface area contributed by atoms with Crippen molar-refractivity contribution < 1.29 is 0 Å². The fourth-order valence-corrected chi connectivity index (χ4v) is 3.06. The predicted octanol–water partition coefficient (Wildman–Crippen LogP) is 3.81. The van der Waals surface area contributed by atoms with E-state index in [9.17, 15) is 0 Å². The lowest BCUT2D eigenvalue weighted by molar-refractivity contribution is 0.353. The smallest absolute Gasteiger partial charge is 0.0562 e. The van der Waals surface area contributed by atoms with Crippen LogP contribution in [0.15, 0.2) is 23.1 Å². The number of thioether (sulfide) groups is 1. The number of hydrogen-bond donors (Lipinski definition) is 1. The Labute approximate surface area is 94.0 Å². The van der Waals surface area contributed by atoms with Crippen LogP contribution in [0.4, 0.5) is 5.69 Å². The number of nitrogen functional groups attached to an aromatic ring is 1. The van der Waals surface area contributed by atoms with E-state index in [0.29, 0.717) is 0 Å². The lowest BCUT2D eigenvalue weighted by Crippen LogP contribution is -2.13. The van der Waals surface area contributed by atoms with E-state index in [2.05, 4.69) is 0 Å². The van der Waals surface area contributed by atoms with E-state index in [0.717, 1.165) is 27.3 Å². The average molecular weight is 228 g/mol. The van der Waals surface area contributed by atoms with E-state index >= 15 is 0 Å². The predicted molar refractivity (Wildman–Crippen MR) is 63.9 cm³/mol. The van der Waals surface area contributed by atoms with Crippen molar-refractivity contribution in [2.24, 2.45) is 5.92 Å². The summed E-state index contributed by atoms with van der Waals surface area (Å²) in [7, 11) is 0. The molecule has 14 heavy (non-hydrogen) atoms. The maximum Gasteiger partial charge on any atom is 0.0562 e. The molecule has 2 rings (SSSR count). The van der Waals surface area contributed by atoms with Gasteiger partial charge in [-0.05, 0) is 30.9 Å². The lowest BCUT2D eigenvalue weighted by atomic mass is 9.87. The van der Waals surface area contributed by atoms with Gasteiger partial charge in [-0.2, -0.15) is 0 Å². The molecule has 0 spiro atoms. The van der Waals surface area contributed by atoms with Crippen LogP contribution >= 0.6 is 23.4 Å². The van der Waals surface area contributed by atoms with Gasteiger partial charge in [0.15, 0.2) is 0 Å². The van der Waals surface area contributed by atoms with Gasteiger partial charge in [-0.3, -0.25) is 0 Å². The molecule has 1 nitrogen and oxygen atoms in total. The van der Waals surface area contributed by atoms with Gasteiger partial charge in [0.1, 0.15) is 0 Å². The Balaban J connectivity index is 2.00. The summed E-state index contributed by atoms with van der Waals surface area (Å²) >= 11 is 7.87. The second-order valence-electron chi connectivity index (χ2n) is 3.77. The molecule has 0 unspecified atom stereocenters. The summed E-state index contributed by atoms with van der Waals surface area (Å²) in [5, 5.41) is 0.786. The highest BCUT2D eigenvalue weighted by Crippen LogP contribution is 2.37. The van der Waals surface area contributed by atoms with Gasteiger partial charge in [0, 0.05) is 16.3 Å². The minimum absolute atomic E-state index is 0.786. The molecule has 76 valence electrons. The maximum atomic E-state index is 6.07. The number of anilines is 1. The molecule has 0 aromatic heterocycles. The summed E-state index contributed by atoms with van der Waals surface area (Å²) in [6.07, 6.45) is 4.14. The minimum Gasteiger partial charge on any atom is -0.398 e. The largest absolute Gasteiger partial charge is 0.398 e. The van der Waals surface area contributed by atoms with E-state index in [1.54, 1.807) is 11.8 Å². The van der Waals surface area contributed by atoms with Crippen molar-refractivity contribution in [3.63, 3.8) is 0 Å². The van der Waals surface area contributed by atoms with Crippen LogP contribution in [0, 0.1) is 5.92 Å². The molecule has 1 aliphatic rings. The third kappa shape index (κ3) is 2.18. The van der Waals surface area contributed by atoms with E-state index in [4.69, 9.17) is 17.3 Å². The molecule has 1 aromatic carbocycles. The van der Waals surface area contributed by atoms with Crippen LogP contribution in [-0.2, 0) is 0 Å². The molecule has 0 saturated heterocycles. The van der Waals surface area contributed by atoms with Crippen LogP contribution in [0.1, 0.15) is 19.3 Å². The number of benzene rings is 1. The third-order valence-corrected chi connectivity index (χ3v) is 4.49. The second kappa shape index (κ2) is 4.45. The van der Waals surface area contributed by atoms with Crippen molar-refractivity contribution in [2.45, 2.75) is 24.2 Å². The van der Waals surface area contributed by atoms with Crippen molar-refractivity contribution in [1.82, 2.24) is 0 Å². The normalized spacial score (nSPS) is 16.6. The van der Waals surface area contributed by atoms with Crippen molar-refractivity contribution in [2.75, 3.05) is 11.5 Å². The fraction of sp³-hybridized carbons (Fsp3) is 0.455. The van der Waals surface area contributed by atoms with Gasteiger partial charge in [0.2, 0.25) is 0 Å². The van der Waals surface area contributed by atoms with Crippen molar-refractivity contribution in [1.29, 1.82) is 0 Å². The lowest BCUT2D eigenvalue weighted by Gasteiger charge is -2.25. The molecule has 3 heteroatoms. The number of halogens is 1. The van der Waals surface area contributed by atoms with Gasteiger partial charge < -0.3 is 5.73 Å². The number of hydrogen-bond acceptors (Lipinski definition) is 2. The summed E-state index contributed by atoms with van der Waals surface area (Å²) in [6, 6.07) is 5.71. The minimum atomic E-state index is 0.786. The van der Waals surface area contributed by atoms with E-state index in [-0.39, 0.29) is 0 Å². The molecule has 0 aliphatic heterocycles. The van der Waals surface area contributed by atoms with Gasteiger partial charge in [-0.25, -0.2) is 0 Å². The zero-order chi connectivity index (χ0) is 9.97. The van der Waals surface area contributed by atoms with Gasteiger partial charge in [0.25, 0.3) is 0 Å². The Kier molecular flexibility index (Phi) is 3.24. The van der Waals surface area contributed by atoms with Crippen molar-refractivity contribution >= 4 is 29.1 Å². The first kappa shape index (κ1) is 10.2. The zero-order valence-corrected chi connectivity index (χ0v) is 9.57. The highest BCUT2D eigenvalue weighted by Gasteiger charge is 2.18. The highest BCUT2D eigenvalue weighted by molar-refractivity contribution is 7.99. The molecule has 0 bridgehead atoms. The monoisotopic (exact) mass is 227 g/mol. The summed E-state index contributed by atoms with van der Waals surface area (Å²) < 4.78 is 0. The van der Waals surface area contributed by atoms with E-state index < -0.39 is 0 Å². The van der Waals surface area contributed by atoms with Crippen LogP contribution in [0.5, 0.6) is 0 Å². The van der Waals surface area contributed by atoms with Crippen LogP contribution < -0.4 is 5.73 Å². The highest BCUT2D eigenvalue weighted by atomic mass is 35.5. The standard InChI is InChI=1S/C11H14ClNS/c12-9-5-2-6-10(13)11(9)14-7-8-3-1-4-8/h2,5-6,8H,1,3-4,7,13H2. The summed E-state index contributed by atoms with van der Waals surface area (Å²) in [4.78, 5) is 1.06. The van der Waals surface area contributed by atoms with E-state index in [1.807, 2.05) is 18.2 Å². The van der Waals surface area contributed by atoms with Gasteiger partial charge in [0.05, 0.1) is 5.02 Å². The van der Waals surface area contributed by atoms with Crippen molar-refractivity contribution in [3.05, 3.63) is 23.2 Å². The van der Waals surface area contributed by atoms with Crippen LogP contribution in [0.2, 0.25) is 5.02 Å². The number of nitrogens with two attached hydrogens (primary N) is 1. The van der Waals surface area contributed by atoms with E-state index in [1.165, 1.54) is 19.3 Å². The summed E-state index contributed by atoms with van der Waals surface area (Å²) in [6.45, 7) is 0. The average Bonchev–Trinajstić information content (AvgIpc) is 2.07. The fourth-order valence-electron chi connectivity index (χ4n) is 1.54. The second-order valence-corrected chi connectivity index (χ2v) is 5.20. The van der Waals surface area contributed by atoms with Gasteiger partial charge in [-0.1, -0.05) is 24.1 Å². The summed E-state index contributed by atoms with van der Waals surface area (Å²) in [5.74, 6) is 2.05. The molecule has 1 saturated carbocycles. The Hall–Kier alpha value is -0.340. The molecular weight excluding hydrogens is 214 g/mol. The molecule has 0 heterocycles. The van der Waals surface area contributed by atoms with Gasteiger partial charge >= 0.3 is 0 Å². The van der Waals surface area contributed by atoms with Crippen LogP contribution in [0.3, 0.4) is 0 Å². The maximum absolute atomic E-state index is 6.07. The molecule has 0 atom stereocenters. The third-order valence-electron chi connectivity index (χ3n) is 2.69. The first-order valence-electron chi connectivity index (χ1n) is 4.94. The Morgan fingerprint density at radius 3 is 2.79 bits per heavy atom. The zero-order valence-electron chi connectivity index (χ0n) is 8.00. The molecule has 0 radical (unpaired) electrons. The molecule has 0 amide bonds. The number of rotatable bonds is 3. The Bertz CT molecular complexity index is 303. The molecule has 2 N–H and O–H groups in total. The Morgan fingerprint density at radius 2 is 2.21 bits per heavy atom. The molecule has 1 fully saturated rings. The van der Waals surface area contributed by atoms with Crippen LogP contribution in [0.25, 0.3) is 0 Å². The van der Waals surface area contributed by atoms with Crippen LogP contribution in [-0.4, -0.2) is 5.75 Å². The summed E-state index contributed by atoms with van der Waals surface area (Å²) in [5.41, 5.74) is 6.67. The first-order valence-corrected chi connectivity index (χ1v) is 6.30. The Morgan fingerprint density at radius 1 is 1.43 bits per heavy atom.